The Kier molecular flexibility index (Phi) is 3.98. The van der Waals surface area contributed by atoms with Gasteiger partial charge in [0.2, 0.25) is 16.9 Å². The number of hydrogen-bond donors (Lipinski definition) is 4. The molecule has 2 aromatic rings. The van der Waals surface area contributed by atoms with Crippen molar-refractivity contribution >= 4 is 38.5 Å². The molecule has 8 heteroatoms. The Balaban J connectivity index is 1.54. The van der Waals surface area contributed by atoms with Crippen LogP contribution in [0.1, 0.15) is 6.42 Å². The van der Waals surface area contributed by atoms with Gasteiger partial charge in [0.25, 0.3) is 0 Å². The minimum atomic E-state index is -0.476. The molecule has 7 nitrogen and oxygen atoms in total. The molecule has 1 aromatic heterocycles. The summed E-state index contributed by atoms with van der Waals surface area (Å²) in [7, 11) is 0. The van der Waals surface area contributed by atoms with Crippen molar-refractivity contribution in [1.29, 1.82) is 0 Å². The number of hydrazine groups is 1. The molecule has 21 heavy (non-hydrogen) atoms. The third-order valence-corrected chi connectivity index (χ3v) is 4.08. The van der Waals surface area contributed by atoms with E-state index >= 15 is 0 Å². The molecular weight excluding hydrogens is 290 g/mol. The summed E-state index contributed by atoms with van der Waals surface area (Å²) in [6.07, 6.45) is 0.0870. The molecule has 1 saturated heterocycles. The summed E-state index contributed by atoms with van der Waals surface area (Å²) in [4.78, 5) is 27.7. The highest BCUT2D eigenvalue weighted by Crippen LogP contribution is 2.24. The van der Waals surface area contributed by atoms with Gasteiger partial charge in [-0.25, -0.2) is 4.98 Å². The second-order valence-corrected chi connectivity index (χ2v) is 5.69. The second-order valence-electron chi connectivity index (χ2n) is 4.66. The molecule has 2 heterocycles. The van der Waals surface area contributed by atoms with Crippen LogP contribution in [0.4, 0.5) is 5.13 Å². The summed E-state index contributed by atoms with van der Waals surface area (Å²) in [5, 5.41) is 6.34. The molecule has 0 aliphatic carbocycles. The fraction of sp³-hybridized carbons (Fsp3) is 0.308. The first kappa shape index (κ1) is 13.8. The number of benzene rings is 1. The van der Waals surface area contributed by atoms with Crippen LogP contribution in [-0.2, 0) is 9.59 Å². The van der Waals surface area contributed by atoms with Gasteiger partial charge in [-0.3, -0.25) is 20.4 Å². The normalized spacial score (nSPS) is 18.3. The monoisotopic (exact) mass is 305 g/mol. The Morgan fingerprint density at radius 2 is 2.24 bits per heavy atom. The quantitative estimate of drug-likeness (QED) is 0.606. The molecule has 1 fully saturated rings. The third kappa shape index (κ3) is 3.29. The van der Waals surface area contributed by atoms with Crippen molar-refractivity contribution in [2.45, 2.75) is 12.5 Å². The molecule has 1 atom stereocenters. The van der Waals surface area contributed by atoms with Crippen LogP contribution >= 0.6 is 11.3 Å². The summed E-state index contributed by atoms with van der Waals surface area (Å²) in [5.41, 5.74) is 6.24. The molecule has 4 N–H and O–H groups in total. The van der Waals surface area contributed by atoms with Crippen LogP contribution < -0.4 is 21.5 Å². The SMILES string of the molecule is O=C(CC1NCCNC1=O)NNc1nc2ccccc2s1. The van der Waals surface area contributed by atoms with Crippen molar-refractivity contribution in [2.24, 2.45) is 0 Å². The van der Waals surface area contributed by atoms with Gasteiger partial charge in [0.15, 0.2) is 0 Å². The lowest BCUT2D eigenvalue weighted by Gasteiger charge is -2.22. The maximum absolute atomic E-state index is 11.8. The number of hydrogen-bond acceptors (Lipinski definition) is 6. The van der Waals surface area contributed by atoms with Crippen molar-refractivity contribution in [1.82, 2.24) is 21.0 Å². The zero-order chi connectivity index (χ0) is 14.7. The van der Waals surface area contributed by atoms with E-state index in [2.05, 4.69) is 26.5 Å². The average molecular weight is 305 g/mol. The molecule has 2 amide bonds. The van der Waals surface area contributed by atoms with Crippen LogP contribution in [0.5, 0.6) is 0 Å². The highest BCUT2D eigenvalue weighted by Gasteiger charge is 2.23. The zero-order valence-electron chi connectivity index (χ0n) is 11.2. The van der Waals surface area contributed by atoms with Gasteiger partial charge >= 0.3 is 0 Å². The van der Waals surface area contributed by atoms with Crippen LogP contribution in [-0.4, -0.2) is 35.9 Å². The van der Waals surface area contributed by atoms with E-state index in [-0.39, 0.29) is 18.2 Å². The predicted octanol–water partition coefficient (Wildman–Crippen LogP) is 0.218. The predicted molar refractivity (Wildman–Crippen MR) is 80.8 cm³/mol. The largest absolute Gasteiger partial charge is 0.353 e. The number of nitrogens with one attached hydrogen (secondary N) is 4. The van der Waals surface area contributed by atoms with Gasteiger partial charge in [-0.05, 0) is 12.1 Å². The standard InChI is InChI=1S/C13H15N5O2S/c19-11(7-9-12(20)15-6-5-14-9)17-18-13-16-8-3-1-2-4-10(8)21-13/h1-4,9,14H,5-7H2,(H,15,20)(H,16,18)(H,17,19). The van der Waals surface area contributed by atoms with E-state index < -0.39 is 6.04 Å². The molecule has 110 valence electrons. The van der Waals surface area contributed by atoms with E-state index in [4.69, 9.17) is 0 Å². The zero-order valence-corrected chi connectivity index (χ0v) is 12.0. The first-order chi connectivity index (χ1) is 10.2. The summed E-state index contributed by atoms with van der Waals surface area (Å²) in [6, 6.07) is 7.26. The molecule has 3 rings (SSSR count). The van der Waals surface area contributed by atoms with Gasteiger partial charge in [-0.1, -0.05) is 23.5 Å². The second kappa shape index (κ2) is 6.06. The summed E-state index contributed by atoms with van der Waals surface area (Å²) in [6.45, 7) is 1.27. The molecule has 1 aliphatic rings. The highest BCUT2D eigenvalue weighted by molar-refractivity contribution is 7.22. The number of amides is 2. The van der Waals surface area contributed by atoms with E-state index in [1.54, 1.807) is 0 Å². The van der Waals surface area contributed by atoms with Crippen LogP contribution in [0.2, 0.25) is 0 Å². The fourth-order valence-corrected chi connectivity index (χ4v) is 2.92. The van der Waals surface area contributed by atoms with Crippen molar-refractivity contribution in [3.63, 3.8) is 0 Å². The van der Waals surface area contributed by atoms with Crippen molar-refractivity contribution in [3.8, 4) is 0 Å². The van der Waals surface area contributed by atoms with E-state index in [9.17, 15) is 9.59 Å². The molecule has 0 bridgehead atoms. The first-order valence-electron chi connectivity index (χ1n) is 6.64. The Morgan fingerprint density at radius 1 is 1.38 bits per heavy atom. The van der Waals surface area contributed by atoms with Gasteiger partial charge in [-0.2, -0.15) is 0 Å². The Bertz CT molecular complexity index is 638. The van der Waals surface area contributed by atoms with Crippen LogP contribution in [0.25, 0.3) is 10.2 Å². The molecule has 0 spiro atoms. The highest BCUT2D eigenvalue weighted by atomic mass is 32.1. The minimum absolute atomic E-state index is 0.0870. The van der Waals surface area contributed by atoms with E-state index in [0.717, 1.165) is 10.2 Å². The Labute approximate surface area is 125 Å². The molecule has 0 saturated carbocycles. The number of anilines is 1. The lowest BCUT2D eigenvalue weighted by molar-refractivity contribution is -0.129. The van der Waals surface area contributed by atoms with Gasteiger partial charge in [-0.15, -0.1) is 0 Å². The number of piperazine rings is 1. The number of carbonyl (C=O) groups excluding carboxylic acids is 2. The molecule has 1 unspecified atom stereocenters. The minimum Gasteiger partial charge on any atom is -0.353 e. The van der Waals surface area contributed by atoms with Gasteiger partial charge in [0.1, 0.15) is 0 Å². The number of nitrogens with zero attached hydrogens (tertiary/aromatic N) is 1. The van der Waals surface area contributed by atoms with Crippen molar-refractivity contribution in [3.05, 3.63) is 24.3 Å². The van der Waals surface area contributed by atoms with Crippen molar-refractivity contribution < 1.29 is 9.59 Å². The number of rotatable bonds is 4. The Morgan fingerprint density at radius 3 is 3.05 bits per heavy atom. The van der Waals surface area contributed by atoms with E-state index in [1.807, 2.05) is 24.3 Å². The molecule has 1 aromatic carbocycles. The molecule has 0 radical (unpaired) electrons. The summed E-state index contributed by atoms with van der Waals surface area (Å²) < 4.78 is 1.04. The van der Waals surface area contributed by atoms with Crippen LogP contribution in [0, 0.1) is 0 Å². The Hall–Kier alpha value is -2.19. The van der Waals surface area contributed by atoms with Crippen molar-refractivity contribution in [2.75, 3.05) is 18.5 Å². The van der Waals surface area contributed by atoms with E-state index in [0.29, 0.717) is 18.2 Å². The maximum atomic E-state index is 11.8. The number of aromatic nitrogens is 1. The van der Waals surface area contributed by atoms with Gasteiger partial charge in [0.05, 0.1) is 22.7 Å². The lowest BCUT2D eigenvalue weighted by Crippen LogP contribution is -2.54. The third-order valence-electron chi connectivity index (χ3n) is 3.12. The summed E-state index contributed by atoms with van der Waals surface area (Å²) in [5.74, 6) is -0.403. The van der Waals surface area contributed by atoms with Crippen LogP contribution in [0.15, 0.2) is 24.3 Å². The van der Waals surface area contributed by atoms with Gasteiger partial charge in [0, 0.05) is 13.1 Å². The molecular formula is C13H15N5O2S. The number of fused-ring (bicyclic) bond motifs is 1. The molecule has 1 aliphatic heterocycles. The first-order valence-corrected chi connectivity index (χ1v) is 7.45. The topological polar surface area (TPSA) is 95.2 Å². The fourth-order valence-electron chi connectivity index (χ4n) is 2.10. The number of thiazole rings is 1. The average Bonchev–Trinajstić information content (AvgIpc) is 2.90. The summed E-state index contributed by atoms with van der Waals surface area (Å²) >= 11 is 1.45. The smallest absolute Gasteiger partial charge is 0.240 e. The van der Waals surface area contributed by atoms with Gasteiger partial charge < -0.3 is 10.6 Å². The number of para-hydroxylation sites is 1. The lowest BCUT2D eigenvalue weighted by atomic mass is 10.1. The van der Waals surface area contributed by atoms with E-state index in [1.165, 1.54) is 11.3 Å². The maximum Gasteiger partial charge on any atom is 0.240 e. The number of carbonyl (C=O) groups is 2. The van der Waals surface area contributed by atoms with Crippen LogP contribution in [0.3, 0.4) is 0 Å².